The summed E-state index contributed by atoms with van der Waals surface area (Å²) in [5, 5.41) is 5.72. The van der Waals surface area contributed by atoms with Crippen molar-refractivity contribution >= 4 is 17.3 Å². The average Bonchev–Trinajstić information content (AvgIpc) is 2.70. The van der Waals surface area contributed by atoms with E-state index in [0.717, 1.165) is 12.1 Å². The van der Waals surface area contributed by atoms with Gasteiger partial charge in [0.2, 0.25) is 0 Å². The fourth-order valence-corrected chi connectivity index (χ4v) is 1.67. The van der Waals surface area contributed by atoms with Gasteiger partial charge in [0, 0.05) is 5.71 Å². The number of methoxy groups -OCH3 is 1. The second-order valence-electron chi connectivity index (χ2n) is 3.57. The number of nitrogens with zero attached hydrogens (tertiary/aromatic N) is 2. The Kier molecular flexibility index (Phi) is 2.90. The minimum Gasteiger partial charge on any atom is -0.494 e. The molecule has 0 bridgehead atoms. The number of hydrogen-bond donors (Lipinski definition) is 0. The van der Waals surface area contributed by atoms with Gasteiger partial charge in [-0.25, -0.2) is 0 Å². The first-order valence-electron chi connectivity index (χ1n) is 5.28. The van der Waals surface area contributed by atoms with Crippen LogP contribution in [0.4, 0.5) is 5.69 Å². The number of ether oxygens (including phenoxy) is 1. The number of amides is 1. The van der Waals surface area contributed by atoms with Gasteiger partial charge in [-0.3, -0.25) is 4.79 Å². The van der Waals surface area contributed by atoms with Crippen molar-refractivity contribution in [1.29, 1.82) is 0 Å². The molecule has 0 saturated heterocycles. The van der Waals surface area contributed by atoms with Crippen molar-refractivity contribution < 1.29 is 9.53 Å². The molecule has 1 heterocycles. The Morgan fingerprint density at radius 2 is 2.19 bits per heavy atom. The fourth-order valence-electron chi connectivity index (χ4n) is 1.67. The highest BCUT2D eigenvalue weighted by Gasteiger charge is 2.25. The van der Waals surface area contributed by atoms with Crippen LogP contribution in [0.3, 0.4) is 0 Å². The van der Waals surface area contributed by atoms with E-state index in [9.17, 15) is 4.79 Å². The lowest BCUT2D eigenvalue weighted by molar-refractivity contribution is -0.116. The third-order valence-electron chi connectivity index (χ3n) is 2.55. The molecular formula is C12H14N2O2. The summed E-state index contributed by atoms with van der Waals surface area (Å²) in [6.07, 6.45) is 1.21. The summed E-state index contributed by atoms with van der Waals surface area (Å²) in [5.74, 6) is 0.665. The van der Waals surface area contributed by atoms with E-state index in [1.807, 2.05) is 31.2 Å². The quantitative estimate of drug-likeness (QED) is 0.780. The Morgan fingerprint density at radius 1 is 1.44 bits per heavy atom. The van der Waals surface area contributed by atoms with Crippen LogP contribution >= 0.6 is 0 Å². The molecule has 0 aromatic heterocycles. The number of carbonyl (C=O) groups excluding carboxylic acids is 1. The molecule has 1 aliphatic heterocycles. The van der Waals surface area contributed by atoms with Crippen molar-refractivity contribution in [3.8, 4) is 5.75 Å². The van der Waals surface area contributed by atoms with Crippen molar-refractivity contribution in [2.75, 3.05) is 12.1 Å². The average molecular weight is 218 g/mol. The fraction of sp³-hybridized carbons (Fsp3) is 0.333. The first kappa shape index (κ1) is 10.7. The van der Waals surface area contributed by atoms with Gasteiger partial charge in [-0.15, -0.1) is 0 Å². The molecule has 0 spiro atoms. The molecule has 1 amide bonds. The molecule has 0 atom stereocenters. The molecule has 0 aliphatic carbocycles. The van der Waals surface area contributed by atoms with E-state index in [0.29, 0.717) is 17.9 Å². The van der Waals surface area contributed by atoms with Gasteiger partial charge in [0.1, 0.15) is 11.4 Å². The summed E-state index contributed by atoms with van der Waals surface area (Å²) in [6.45, 7) is 2.00. The lowest BCUT2D eigenvalue weighted by Gasteiger charge is -2.14. The molecule has 1 aromatic carbocycles. The normalized spacial score (nSPS) is 15.2. The van der Waals surface area contributed by atoms with Crippen molar-refractivity contribution in [3.63, 3.8) is 0 Å². The zero-order valence-corrected chi connectivity index (χ0v) is 9.43. The lowest BCUT2D eigenvalue weighted by Crippen LogP contribution is -2.20. The van der Waals surface area contributed by atoms with Crippen LogP contribution in [0.1, 0.15) is 19.8 Å². The Morgan fingerprint density at radius 3 is 2.81 bits per heavy atom. The van der Waals surface area contributed by atoms with E-state index in [1.165, 1.54) is 5.01 Å². The number of para-hydroxylation sites is 2. The highest BCUT2D eigenvalue weighted by Crippen LogP contribution is 2.30. The molecule has 0 saturated carbocycles. The number of carbonyl (C=O) groups is 1. The summed E-state index contributed by atoms with van der Waals surface area (Å²) >= 11 is 0. The number of rotatable bonds is 3. The van der Waals surface area contributed by atoms with Crippen molar-refractivity contribution in [1.82, 2.24) is 0 Å². The second kappa shape index (κ2) is 4.35. The molecule has 0 unspecified atom stereocenters. The van der Waals surface area contributed by atoms with Gasteiger partial charge in [-0.1, -0.05) is 19.1 Å². The van der Waals surface area contributed by atoms with Crippen LogP contribution in [0.15, 0.2) is 29.4 Å². The largest absolute Gasteiger partial charge is 0.494 e. The van der Waals surface area contributed by atoms with Gasteiger partial charge in [0.25, 0.3) is 5.91 Å². The number of anilines is 1. The Labute approximate surface area is 94.5 Å². The van der Waals surface area contributed by atoms with Crippen molar-refractivity contribution in [2.45, 2.75) is 19.8 Å². The van der Waals surface area contributed by atoms with Gasteiger partial charge >= 0.3 is 0 Å². The van der Waals surface area contributed by atoms with Crippen LogP contribution in [0.5, 0.6) is 5.75 Å². The molecule has 4 heteroatoms. The molecular weight excluding hydrogens is 204 g/mol. The van der Waals surface area contributed by atoms with Crippen molar-refractivity contribution in [2.24, 2.45) is 5.10 Å². The summed E-state index contributed by atoms with van der Waals surface area (Å²) in [6, 6.07) is 7.39. The molecule has 2 rings (SSSR count). The van der Waals surface area contributed by atoms with E-state index in [1.54, 1.807) is 7.11 Å². The van der Waals surface area contributed by atoms with Crippen LogP contribution in [-0.2, 0) is 4.79 Å². The second-order valence-corrected chi connectivity index (χ2v) is 3.57. The van der Waals surface area contributed by atoms with E-state index in [-0.39, 0.29) is 5.91 Å². The van der Waals surface area contributed by atoms with Gasteiger partial charge < -0.3 is 4.74 Å². The number of hydrogen-bond acceptors (Lipinski definition) is 3. The minimum absolute atomic E-state index is 0.00125. The van der Waals surface area contributed by atoms with Gasteiger partial charge in [0.05, 0.1) is 13.5 Å². The van der Waals surface area contributed by atoms with Crippen LogP contribution in [0, 0.1) is 0 Å². The predicted octanol–water partition coefficient (Wildman–Crippen LogP) is 2.20. The molecule has 0 radical (unpaired) electrons. The van der Waals surface area contributed by atoms with Crippen LogP contribution in [0.2, 0.25) is 0 Å². The van der Waals surface area contributed by atoms with Gasteiger partial charge in [0.15, 0.2) is 0 Å². The predicted molar refractivity (Wildman–Crippen MR) is 62.8 cm³/mol. The SMILES string of the molecule is CCC1=NN(c2ccccc2OC)C(=O)C1. The Balaban J connectivity index is 2.37. The molecule has 0 N–H and O–H groups in total. The van der Waals surface area contributed by atoms with Crippen LogP contribution in [0.25, 0.3) is 0 Å². The Bertz CT molecular complexity index is 440. The molecule has 16 heavy (non-hydrogen) atoms. The standard InChI is InChI=1S/C12H14N2O2/c1-3-9-8-12(15)14(13-9)10-6-4-5-7-11(10)16-2/h4-7H,3,8H2,1-2H3. The van der Waals surface area contributed by atoms with E-state index < -0.39 is 0 Å². The zero-order chi connectivity index (χ0) is 11.5. The number of hydrazone groups is 1. The third kappa shape index (κ3) is 1.78. The monoisotopic (exact) mass is 218 g/mol. The highest BCUT2D eigenvalue weighted by atomic mass is 16.5. The maximum Gasteiger partial charge on any atom is 0.253 e. The maximum atomic E-state index is 11.8. The summed E-state index contributed by atoms with van der Waals surface area (Å²) in [4.78, 5) is 11.8. The topological polar surface area (TPSA) is 41.9 Å². The van der Waals surface area contributed by atoms with E-state index >= 15 is 0 Å². The highest BCUT2D eigenvalue weighted by molar-refractivity contribution is 6.13. The van der Waals surface area contributed by atoms with Gasteiger partial charge in [-0.2, -0.15) is 10.1 Å². The summed E-state index contributed by atoms with van der Waals surface area (Å²) < 4.78 is 5.21. The lowest BCUT2D eigenvalue weighted by atomic mass is 10.2. The third-order valence-corrected chi connectivity index (χ3v) is 2.55. The molecule has 0 fully saturated rings. The summed E-state index contributed by atoms with van der Waals surface area (Å²) in [5.41, 5.74) is 1.62. The van der Waals surface area contributed by atoms with E-state index in [4.69, 9.17) is 4.74 Å². The van der Waals surface area contributed by atoms with Crippen molar-refractivity contribution in [3.05, 3.63) is 24.3 Å². The minimum atomic E-state index is 0.00125. The molecule has 1 aromatic rings. The Hall–Kier alpha value is -1.84. The van der Waals surface area contributed by atoms with E-state index in [2.05, 4.69) is 5.10 Å². The van der Waals surface area contributed by atoms with Gasteiger partial charge in [-0.05, 0) is 18.6 Å². The first-order chi connectivity index (χ1) is 7.76. The smallest absolute Gasteiger partial charge is 0.253 e. The zero-order valence-electron chi connectivity index (χ0n) is 9.43. The molecule has 4 nitrogen and oxygen atoms in total. The van der Waals surface area contributed by atoms with Crippen LogP contribution in [-0.4, -0.2) is 18.7 Å². The van der Waals surface area contributed by atoms with Crippen LogP contribution < -0.4 is 9.75 Å². The molecule has 84 valence electrons. The first-order valence-corrected chi connectivity index (χ1v) is 5.28. The molecule has 1 aliphatic rings. The maximum absolute atomic E-state index is 11.8. The summed E-state index contributed by atoms with van der Waals surface area (Å²) in [7, 11) is 1.59. The number of benzene rings is 1.